The fraction of sp³-hybridized carbons (Fsp3) is 0.929. The van der Waals surface area contributed by atoms with Crippen molar-refractivity contribution in [2.45, 2.75) is 69.9 Å². The van der Waals surface area contributed by atoms with Crippen LogP contribution in [0.5, 0.6) is 0 Å². The molecule has 1 saturated heterocycles. The molecule has 1 aliphatic carbocycles. The van der Waals surface area contributed by atoms with Crippen molar-refractivity contribution in [2.75, 3.05) is 6.54 Å². The topological polar surface area (TPSA) is 38.3 Å². The number of alkyl halides is 2. The molecule has 0 aromatic rings. The number of carbonyl (C=O) groups is 1. The van der Waals surface area contributed by atoms with E-state index in [-0.39, 0.29) is 0 Å². The summed E-state index contributed by atoms with van der Waals surface area (Å²) in [5.74, 6) is -4.06. The van der Waals surface area contributed by atoms with E-state index in [9.17, 15) is 13.6 Å². The van der Waals surface area contributed by atoms with E-state index in [1.807, 2.05) is 0 Å². The lowest BCUT2D eigenvalue weighted by Crippen LogP contribution is -2.38. The van der Waals surface area contributed by atoms with Gasteiger partial charge in [0.15, 0.2) is 0 Å². The highest BCUT2D eigenvalue weighted by atomic mass is 19.3. The van der Waals surface area contributed by atoms with Crippen LogP contribution in [0.4, 0.5) is 8.78 Å². The average molecular weight is 275 g/mol. The molecule has 0 bridgehead atoms. The largest absolute Gasteiger partial charge is 0.456 e. The maximum Gasteiger partial charge on any atom is 0.377 e. The first-order valence-corrected chi connectivity index (χ1v) is 7.31. The van der Waals surface area contributed by atoms with Gasteiger partial charge in [-0.3, -0.25) is 0 Å². The van der Waals surface area contributed by atoms with Gasteiger partial charge in [-0.05, 0) is 25.7 Å². The molecule has 3 nitrogen and oxygen atoms in total. The van der Waals surface area contributed by atoms with Gasteiger partial charge in [-0.1, -0.05) is 25.7 Å². The molecule has 0 aromatic carbocycles. The molecule has 2 rings (SSSR count). The average Bonchev–Trinajstić information content (AvgIpc) is 2.59. The number of carbonyl (C=O) groups excluding carboxylic acids is 1. The summed E-state index contributed by atoms with van der Waals surface area (Å²) in [6.45, 7) is 2.43. The van der Waals surface area contributed by atoms with Crippen LogP contribution in [0.15, 0.2) is 0 Å². The maximum absolute atomic E-state index is 13.0. The molecule has 1 aliphatic heterocycles. The van der Waals surface area contributed by atoms with E-state index in [0.29, 0.717) is 18.5 Å². The van der Waals surface area contributed by atoms with E-state index in [1.54, 1.807) is 0 Å². The zero-order valence-electron chi connectivity index (χ0n) is 11.5. The lowest BCUT2D eigenvalue weighted by Gasteiger charge is -2.24. The van der Waals surface area contributed by atoms with Gasteiger partial charge in [0.1, 0.15) is 6.10 Å². The first-order chi connectivity index (χ1) is 8.99. The Morgan fingerprint density at radius 3 is 2.47 bits per heavy atom. The van der Waals surface area contributed by atoms with Gasteiger partial charge in [0.05, 0.1) is 6.42 Å². The number of nitrogens with one attached hydrogen (secondary N) is 1. The molecule has 2 fully saturated rings. The Morgan fingerprint density at radius 1 is 1.32 bits per heavy atom. The van der Waals surface area contributed by atoms with Crippen LogP contribution in [0.3, 0.4) is 0 Å². The van der Waals surface area contributed by atoms with Gasteiger partial charge in [0.25, 0.3) is 0 Å². The minimum absolute atomic E-state index is 0.297. The number of esters is 1. The summed E-state index contributed by atoms with van der Waals surface area (Å²) in [6, 6.07) is 0.297. The highest BCUT2D eigenvalue weighted by molar-refractivity contribution is 5.79. The molecule has 19 heavy (non-hydrogen) atoms. The molecular weight excluding hydrogens is 252 g/mol. The fourth-order valence-corrected chi connectivity index (χ4v) is 3.06. The van der Waals surface area contributed by atoms with Crippen LogP contribution in [0.2, 0.25) is 0 Å². The number of hydrogen-bond acceptors (Lipinski definition) is 3. The summed E-state index contributed by atoms with van der Waals surface area (Å²) in [5, 5.41) is 3.27. The second-order valence-corrected chi connectivity index (χ2v) is 5.88. The predicted molar refractivity (Wildman–Crippen MR) is 68.1 cm³/mol. The van der Waals surface area contributed by atoms with Gasteiger partial charge in [-0.2, -0.15) is 8.78 Å². The number of cyclic esters (lactones) is 1. The third-order valence-electron chi connectivity index (χ3n) is 4.33. The Bertz CT molecular complexity index is 315. The Balaban J connectivity index is 1.74. The number of halogens is 2. The lowest BCUT2D eigenvalue weighted by atomic mass is 9.93. The van der Waals surface area contributed by atoms with Crippen LogP contribution < -0.4 is 5.32 Å². The predicted octanol–water partition coefficient (Wildman–Crippen LogP) is 2.89. The molecule has 2 aliphatic rings. The van der Waals surface area contributed by atoms with Crippen LogP contribution in [-0.4, -0.2) is 30.6 Å². The van der Waals surface area contributed by atoms with Gasteiger partial charge in [-0.25, -0.2) is 4.79 Å². The van der Waals surface area contributed by atoms with Crippen molar-refractivity contribution < 1.29 is 18.3 Å². The zero-order valence-corrected chi connectivity index (χ0v) is 11.5. The minimum atomic E-state index is -3.29. The standard InChI is InChI=1S/C14H23F2NO2/c1-10(11-6-4-2-3-5-7-11)17-9-12-8-14(15,16)13(18)19-12/h10-12,17H,2-9H2,1H3/t10-,12?/m0/s1. The summed E-state index contributed by atoms with van der Waals surface area (Å²) in [5.41, 5.74) is 0. The molecule has 5 heteroatoms. The second-order valence-electron chi connectivity index (χ2n) is 5.88. The second kappa shape index (κ2) is 6.16. The van der Waals surface area contributed by atoms with E-state index in [4.69, 9.17) is 0 Å². The molecule has 2 atom stereocenters. The summed E-state index contributed by atoms with van der Waals surface area (Å²) in [6.07, 6.45) is 6.35. The smallest absolute Gasteiger partial charge is 0.377 e. The maximum atomic E-state index is 13.0. The molecule has 1 saturated carbocycles. The molecule has 0 aromatic heterocycles. The van der Waals surface area contributed by atoms with Crippen molar-refractivity contribution in [3.8, 4) is 0 Å². The Hall–Kier alpha value is -0.710. The van der Waals surface area contributed by atoms with E-state index in [0.717, 1.165) is 0 Å². The fourth-order valence-electron chi connectivity index (χ4n) is 3.06. The number of hydrogen-bond donors (Lipinski definition) is 1. The third kappa shape index (κ3) is 3.88. The minimum Gasteiger partial charge on any atom is -0.456 e. The monoisotopic (exact) mass is 275 g/mol. The number of ether oxygens (including phenoxy) is 1. The highest BCUT2D eigenvalue weighted by Crippen LogP contribution is 2.31. The Labute approximate surface area is 113 Å². The van der Waals surface area contributed by atoms with Gasteiger partial charge >= 0.3 is 11.9 Å². The van der Waals surface area contributed by atoms with Crippen molar-refractivity contribution in [1.29, 1.82) is 0 Å². The summed E-state index contributed by atoms with van der Waals surface area (Å²) < 4.78 is 30.7. The van der Waals surface area contributed by atoms with Gasteiger partial charge in [-0.15, -0.1) is 0 Å². The Kier molecular flexibility index (Phi) is 4.76. The van der Waals surface area contributed by atoms with Gasteiger partial charge in [0.2, 0.25) is 0 Å². The van der Waals surface area contributed by atoms with Gasteiger partial charge in [0, 0.05) is 12.6 Å². The van der Waals surface area contributed by atoms with Crippen LogP contribution >= 0.6 is 0 Å². The molecule has 0 radical (unpaired) electrons. The van der Waals surface area contributed by atoms with E-state index in [2.05, 4.69) is 17.0 Å². The molecule has 0 spiro atoms. The molecule has 0 amide bonds. The van der Waals surface area contributed by atoms with Crippen LogP contribution in [0.25, 0.3) is 0 Å². The zero-order chi connectivity index (χ0) is 13.9. The van der Waals surface area contributed by atoms with E-state index in [1.165, 1.54) is 38.5 Å². The molecule has 1 unspecified atom stereocenters. The summed E-state index contributed by atoms with van der Waals surface area (Å²) in [4.78, 5) is 10.9. The molecular formula is C14H23F2NO2. The Morgan fingerprint density at radius 2 is 1.95 bits per heavy atom. The van der Waals surface area contributed by atoms with E-state index >= 15 is 0 Å². The van der Waals surface area contributed by atoms with Crippen molar-refractivity contribution in [1.82, 2.24) is 5.32 Å². The lowest BCUT2D eigenvalue weighted by molar-refractivity contribution is -0.159. The molecule has 1 N–H and O–H groups in total. The van der Waals surface area contributed by atoms with E-state index < -0.39 is 24.4 Å². The first-order valence-electron chi connectivity index (χ1n) is 7.31. The van der Waals surface area contributed by atoms with Crippen LogP contribution in [0.1, 0.15) is 51.9 Å². The summed E-state index contributed by atoms with van der Waals surface area (Å²) in [7, 11) is 0. The van der Waals surface area contributed by atoms with Gasteiger partial charge < -0.3 is 10.1 Å². The molecule has 110 valence electrons. The first kappa shape index (κ1) is 14.7. The SMILES string of the molecule is C[C@H](NCC1CC(F)(F)C(=O)O1)C1CCCCCC1. The number of rotatable bonds is 4. The third-order valence-corrected chi connectivity index (χ3v) is 4.33. The van der Waals surface area contributed by atoms with Crippen molar-refractivity contribution >= 4 is 5.97 Å². The van der Waals surface area contributed by atoms with Crippen molar-refractivity contribution in [2.24, 2.45) is 5.92 Å². The quantitative estimate of drug-likeness (QED) is 0.633. The van der Waals surface area contributed by atoms with Crippen molar-refractivity contribution in [3.63, 3.8) is 0 Å². The molecule has 1 heterocycles. The normalized spacial score (nSPS) is 29.8. The van der Waals surface area contributed by atoms with Crippen LogP contribution in [-0.2, 0) is 9.53 Å². The van der Waals surface area contributed by atoms with Crippen molar-refractivity contribution in [3.05, 3.63) is 0 Å². The summed E-state index contributed by atoms with van der Waals surface area (Å²) >= 11 is 0. The van der Waals surface area contributed by atoms with Crippen LogP contribution in [0, 0.1) is 5.92 Å². The highest BCUT2D eigenvalue weighted by Gasteiger charge is 2.50.